The molecule has 2 bridgehead atoms. The molecule has 1 N–H and O–H groups in total. The number of ether oxygens (including phenoxy) is 2. The zero-order chi connectivity index (χ0) is 32.6. The lowest BCUT2D eigenvalue weighted by molar-refractivity contribution is 0.0131. The topological polar surface area (TPSA) is 106 Å². The summed E-state index contributed by atoms with van der Waals surface area (Å²) in [4.78, 5) is 24.7. The molecule has 248 valence electrons. The monoisotopic (exact) mass is 675 g/mol. The first kappa shape index (κ1) is 32.1. The van der Waals surface area contributed by atoms with Crippen LogP contribution >= 0.6 is 11.6 Å². The molecule has 9 nitrogen and oxygen atoms in total. The summed E-state index contributed by atoms with van der Waals surface area (Å²) in [6.07, 6.45) is 13.3. The largest absolute Gasteiger partial charge is 0.490 e. The SMILES string of the molecule is CO[C@H]1/C=C/C[C@H](C)CS(=O)(Nc2ncccn2)=NC(=O)c2ccc3c(c2)N(C[C@@H]2CC[C@H]21)C[C@@]1(CCCc2cc(Cl)ccc21)CO3. The zero-order valence-electron chi connectivity index (χ0n) is 26.9. The Kier molecular flexibility index (Phi) is 9.02. The van der Waals surface area contributed by atoms with Crippen LogP contribution in [0.5, 0.6) is 5.75 Å². The molecule has 3 heterocycles. The second-order valence-electron chi connectivity index (χ2n) is 13.6. The number of hydrogen-bond acceptors (Lipinski definition) is 7. The summed E-state index contributed by atoms with van der Waals surface area (Å²) in [5.41, 5.74) is 3.59. The predicted molar refractivity (Wildman–Crippen MR) is 186 cm³/mol. The van der Waals surface area contributed by atoms with E-state index in [4.69, 9.17) is 21.1 Å². The maximum absolute atomic E-state index is 14.4. The van der Waals surface area contributed by atoms with Crippen LogP contribution in [0.25, 0.3) is 0 Å². The fraction of sp³-hybridized carbons (Fsp3) is 0.472. The smallest absolute Gasteiger partial charge is 0.286 e. The molecule has 47 heavy (non-hydrogen) atoms. The molecule has 2 aliphatic carbocycles. The Morgan fingerprint density at radius 1 is 1.15 bits per heavy atom. The van der Waals surface area contributed by atoms with E-state index in [-0.39, 0.29) is 29.1 Å². The zero-order valence-corrected chi connectivity index (χ0v) is 28.5. The van der Waals surface area contributed by atoms with Crippen LogP contribution in [0, 0.1) is 17.8 Å². The molecule has 1 aromatic heterocycles. The van der Waals surface area contributed by atoms with Crippen molar-refractivity contribution >= 4 is 39.1 Å². The lowest BCUT2D eigenvalue weighted by Crippen LogP contribution is -2.49. The maximum Gasteiger partial charge on any atom is 0.286 e. The molecular weight excluding hydrogens is 634 g/mol. The number of aryl methyl sites for hydroxylation is 1. The quantitative estimate of drug-likeness (QED) is 0.302. The van der Waals surface area contributed by atoms with Crippen LogP contribution < -0.4 is 14.4 Å². The van der Waals surface area contributed by atoms with E-state index in [9.17, 15) is 9.00 Å². The van der Waals surface area contributed by atoms with Crippen molar-refractivity contribution in [3.05, 3.63) is 88.7 Å². The number of hydrogen-bond donors (Lipinski definition) is 1. The first-order valence-corrected chi connectivity index (χ1v) is 18.6. The molecule has 1 unspecified atom stereocenters. The van der Waals surface area contributed by atoms with Gasteiger partial charge in [0, 0.05) is 48.6 Å². The highest BCUT2D eigenvalue weighted by Gasteiger charge is 2.44. The van der Waals surface area contributed by atoms with Gasteiger partial charge in [0.15, 0.2) is 0 Å². The summed E-state index contributed by atoms with van der Waals surface area (Å²) in [5.74, 6) is 1.28. The summed E-state index contributed by atoms with van der Waals surface area (Å²) in [5, 5.41) is 0.755. The minimum Gasteiger partial charge on any atom is -0.490 e. The number of anilines is 2. The number of nitrogens with zero attached hydrogens (tertiary/aromatic N) is 4. The molecule has 1 spiro atoms. The highest BCUT2D eigenvalue weighted by atomic mass is 35.5. The number of fused-ring (bicyclic) bond motifs is 4. The van der Waals surface area contributed by atoms with Gasteiger partial charge in [-0.1, -0.05) is 36.7 Å². The van der Waals surface area contributed by atoms with Crippen molar-refractivity contribution in [1.29, 1.82) is 0 Å². The van der Waals surface area contributed by atoms with E-state index in [0.29, 0.717) is 30.4 Å². The minimum atomic E-state index is -3.27. The van der Waals surface area contributed by atoms with E-state index in [1.807, 2.05) is 25.1 Å². The van der Waals surface area contributed by atoms with Crippen LogP contribution in [0.3, 0.4) is 0 Å². The normalized spacial score (nSPS) is 31.3. The fourth-order valence-corrected chi connectivity index (χ4v) is 9.93. The summed E-state index contributed by atoms with van der Waals surface area (Å²) >= 11 is 6.45. The van der Waals surface area contributed by atoms with E-state index in [1.165, 1.54) is 11.1 Å². The molecular formula is C36H42ClN5O4S. The molecule has 7 rings (SSSR count). The average Bonchev–Trinajstić information content (AvgIpc) is 3.19. The number of allylic oxidation sites excluding steroid dienone is 1. The van der Waals surface area contributed by atoms with Gasteiger partial charge in [-0.05, 0) is 104 Å². The number of carbonyl (C=O) groups is 1. The van der Waals surface area contributed by atoms with E-state index < -0.39 is 15.8 Å². The van der Waals surface area contributed by atoms with Crippen LogP contribution in [0.2, 0.25) is 5.02 Å². The van der Waals surface area contributed by atoms with Crippen molar-refractivity contribution in [1.82, 2.24) is 9.97 Å². The molecule has 3 aromatic rings. The summed E-state index contributed by atoms with van der Waals surface area (Å²) in [6, 6.07) is 13.4. The van der Waals surface area contributed by atoms with Crippen LogP contribution in [0.1, 0.15) is 60.5 Å². The third-order valence-electron chi connectivity index (χ3n) is 10.3. The molecule has 11 heteroatoms. The van der Waals surface area contributed by atoms with Gasteiger partial charge < -0.3 is 14.4 Å². The molecule has 2 aliphatic heterocycles. The summed E-state index contributed by atoms with van der Waals surface area (Å²) < 4.78 is 34.3. The van der Waals surface area contributed by atoms with Crippen molar-refractivity contribution in [3.8, 4) is 5.75 Å². The van der Waals surface area contributed by atoms with Crippen LogP contribution in [-0.4, -0.2) is 58.7 Å². The van der Waals surface area contributed by atoms with Gasteiger partial charge in [-0.25, -0.2) is 14.2 Å². The lowest BCUT2D eigenvalue weighted by atomic mass is 9.68. The van der Waals surface area contributed by atoms with Gasteiger partial charge in [-0.2, -0.15) is 0 Å². The third kappa shape index (κ3) is 6.65. The highest BCUT2D eigenvalue weighted by molar-refractivity contribution is 7.95. The number of aromatic nitrogens is 2. The van der Waals surface area contributed by atoms with E-state index in [2.05, 4.69) is 48.2 Å². The van der Waals surface area contributed by atoms with Gasteiger partial charge in [0.25, 0.3) is 5.91 Å². The first-order chi connectivity index (χ1) is 22.7. The minimum absolute atomic E-state index is 0.0131. The summed E-state index contributed by atoms with van der Waals surface area (Å²) in [7, 11) is -1.48. The summed E-state index contributed by atoms with van der Waals surface area (Å²) in [6.45, 7) is 4.11. The Hall–Kier alpha value is -3.47. The number of carbonyl (C=O) groups excluding carboxylic acids is 1. The number of rotatable bonds is 3. The Bertz CT molecular complexity index is 1800. The Balaban J connectivity index is 1.32. The van der Waals surface area contributed by atoms with Crippen LogP contribution in [-0.2, 0) is 26.5 Å². The van der Waals surface area contributed by atoms with Crippen molar-refractivity contribution in [2.24, 2.45) is 22.1 Å². The van der Waals surface area contributed by atoms with Gasteiger partial charge in [-0.15, -0.1) is 4.36 Å². The second-order valence-corrected chi connectivity index (χ2v) is 16.1. The van der Waals surface area contributed by atoms with Crippen LogP contribution in [0.15, 0.2) is 71.4 Å². The number of benzene rings is 2. The second kappa shape index (κ2) is 13.2. The highest BCUT2D eigenvalue weighted by Crippen LogP contribution is 2.47. The molecule has 1 saturated carbocycles. The number of halogens is 1. The van der Waals surface area contributed by atoms with Crippen molar-refractivity contribution in [3.63, 3.8) is 0 Å². The van der Waals surface area contributed by atoms with Gasteiger partial charge >= 0.3 is 0 Å². The van der Waals surface area contributed by atoms with Crippen molar-refractivity contribution < 1.29 is 18.5 Å². The molecule has 0 saturated heterocycles. The number of methoxy groups -OCH3 is 1. The molecule has 4 aliphatic rings. The Labute approximate surface area is 282 Å². The number of amides is 1. The lowest BCUT2D eigenvalue weighted by Gasteiger charge is -2.46. The van der Waals surface area contributed by atoms with Crippen LogP contribution in [0.4, 0.5) is 11.6 Å². The van der Waals surface area contributed by atoms with Gasteiger partial charge in [0.1, 0.15) is 15.7 Å². The van der Waals surface area contributed by atoms with E-state index >= 15 is 0 Å². The average molecular weight is 676 g/mol. The van der Waals surface area contributed by atoms with Gasteiger partial charge in [0.2, 0.25) is 5.95 Å². The fourth-order valence-electron chi connectivity index (χ4n) is 7.86. The van der Waals surface area contributed by atoms with E-state index in [0.717, 1.165) is 61.7 Å². The molecule has 2 aromatic carbocycles. The van der Waals surface area contributed by atoms with E-state index in [1.54, 1.807) is 31.6 Å². The van der Waals surface area contributed by atoms with Gasteiger partial charge in [-0.3, -0.25) is 9.52 Å². The van der Waals surface area contributed by atoms with Gasteiger partial charge in [0.05, 0.1) is 24.2 Å². The predicted octanol–water partition coefficient (Wildman–Crippen LogP) is 6.88. The Morgan fingerprint density at radius 2 is 2.00 bits per heavy atom. The maximum atomic E-state index is 14.4. The number of nitrogens with one attached hydrogen (secondary N) is 1. The Morgan fingerprint density at radius 3 is 2.79 bits per heavy atom. The molecule has 1 amide bonds. The standard InChI is InChI=1S/C36H42ClN5O4S/c1-24-6-3-8-32(45-2)29-12-9-27(29)20-42-22-36(15-4-7-25-18-28(37)11-13-30(25)36)23-46-33-14-10-26(19-31(33)42)34(43)40-47(44,21-24)41-35-38-16-5-17-39-35/h3,5,8,10-11,13-14,16-19,24,27,29,32H,4,6-7,9,12,15,20-23H2,1-2H3,(H,38,39,40,41,43,44)/b8-3+/t24-,27-,29+,32-,36-,47?/m0/s1. The third-order valence-corrected chi connectivity index (χ3v) is 12.5. The van der Waals surface area contributed by atoms with Crippen molar-refractivity contribution in [2.45, 2.75) is 57.0 Å². The molecule has 1 fully saturated rings. The van der Waals surface area contributed by atoms with Crippen molar-refractivity contribution in [2.75, 3.05) is 42.2 Å². The molecule has 6 atom stereocenters. The molecule has 0 radical (unpaired) electrons. The first-order valence-electron chi connectivity index (χ1n) is 16.6.